The molecule has 2 aromatic heterocycles. The van der Waals surface area contributed by atoms with Crippen LogP contribution in [0.15, 0.2) is 47.0 Å². The third kappa shape index (κ3) is 3.71. The van der Waals surface area contributed by atoms with E-state index in [-0.39, 0.29) is 18.1 Å². The van der Waals surface area contributed by atoms with E-state index in [0.29, 0.717) is 53.5 Å². The quantitative estimate of drug-likeness (QED) is 0.509. The number of anilines is 1. The number of carbonyl (C=O) groups is 1. The zero-order chi connectivity index (χ0) is 20.5. The van der Waals surface area contributed by atoms with Crippen LogP contribution in [-0.2, 0) is 11.2 Å². The Hall–Kier alpha value is -3.46. The first-order valence-electron chi connectivity index (χ1n) is 9.35. The SMILES string of the molecule is O=C(CCc1ncc(-c2ccccc2F)o1)Nc1nc2cc3c(cc2s1)OCCO3. The van der Waals surface area contributed by atoms with Crippen molar-refractivity contribution in [2.75, 3.05) is 18.5 Å². The van der Waals surface area contributed by atoms with Crippen LogP contribution in [0.1, 0.15) is 12.3 Å². The molecule has 30 heavy (non-hydrogen) atoms. The van der Waals surface area contributed by atoms with Crippen molar-refractivity contribution in [3.8, 4) is 22.8 Å². The van der Waals surface area contributed by atoms with Crippen LogP contribution in [0.4, 0.5) is 9.52 Å². The van der Waals surface area contributed by atoms with Gasteiger partial charge in [-0.05, 0) is 12.1 Å². The van der Waals surface area contributed by atoms with Gasteiger partial charge in [0.15, 0.2) is 28.3 Å². The van der Waals surface area contributed by atoms with Gasteiger partial charge in [-0.15, -0.1) is 0 Å². The maximum atomic E-state index is 13.9. The summed E-state index contributed by atoms with van der Waals surface area (Å²) in [6.07, 6.45) is 1.92. The number of carbonyl (C=O) groups excluding carboxylic acids is 1. The Morgan fingerprint density at radius 2 is 1.97 bits per heavy atom. The van der Waals surface area contributed by atoms with Crippen molar-refractivity contribution >= 4 is 32.6 Å². The van der Waals surface area contributed by atoms with E-state index in [1.807, 2.05) is 12.1 Å². The number of thiazole rings is 1. The highest BCUT2D eigenvalue weighted by molar-refractivity contribution is 7.22. The maximum Gasteiger partial charge on any atom is 0.226 e. The van der Waals surface area contributed by atoms with E-state index < -0.39 is 0 Å². The van der Waals surface area contributed by atoms with Gasteiger partial charge in [-0.3, -0.25) is 4.79 Å². The molecule has 0 saturated carbocycles. The zero-order valence-corrected chi connectivity index (χ0v) is 16.5. The molecular formula is C21H16FN3O4S. The first-order valence-corrected chi connectivity index (χ1v) is 10.2. The molecule has 0 saturated heterocycles. The van der Waals surface area contributed by atoms with Crippen LogP contribution in [0.3, 0.4) is 0 Å². The fourth-order valence-corrected chi connectivity index (χ4v) is 4.02. The van der Waals surface area contributed by atoms with Gasteiger partial charge in [0, 0.05) is 25.0 Å². The van der Waals surface area contributed by atoms with Crippen molar-refractivity contribution < 1.29 is 23.1 Å². The number of halogens is 1. The predicted molar refractivity (Wildman–Crippen MR) is 109 cm³/mol. The molecule has 1 aliphatic rings. The molecule has 4 aromatic rings. The largest absolute Gasteiger partial charge is 0.486 e. The van der Waals surface area contributed by atoms with Gasteiger partial charge in [-0.25, -0.2) is 14.4 Å². The van der Waals surface area contributed by atoms with Crippen molar-refractivity contribution in [3.63, 3.8) is 0 Å². The Bertz CT molecular complexity index is 1190. The van der Waals surface area contributed by atoms with Crippen molar-refractivity contribution in [2.45, 2.75) is 12.8 Å². The number of hydrogen-bond acceptors (Lipinski definition) is 7. The molecule has 1 N–H and O–H groups in total. The summed E-state index contributed by atoms with van der Waals surface area (Å²) < 4.78 is 31.5. The third-order valence-corrected chi connectivity index (χ3v) is 5.49. The molecule has 9 heteroatoms. The van der Waals surface area contributed by atoms with Gasteiger partial charge in [-0.2, -0.15) is 0 Å². The number of amides is 1. The van der Waals surface area contributed by atoms with Gasteiger partial charge in [0.1, 0.15) is 19.0 Å². The molecule has 0 aliphatic carbocycles. The third-order valence-electron chi connectivity index (χ3n) is 4.56. The summed E-state index contributed by atoms with van der Waals surface area (Å²) in [6, 6.07) is 9.99. The number of ether oxygens (including phenoxy) is 2. The summed E-state index contributed by atoms with van der Waals surface area (Å²) in [4.78, 5) is 20.9. The van der Waals surface area contributed by atoms with Crippen LogP contribution >= 0.6 is 11.3 Å². The first-order chi connectivity index (χ1) is 14.7. The molecule has 0 atom stereocenters. The van der Waals surface area contributed by atoms with E-state index in [9.17, 15) is 9.18 Å². The molecular weight excluding hydrogens is 409 g/mol. The zero-order valence-electron chi connectivity index (χ0n) is 15.7. The van der Waals surface area contributed by atoms with Gasteiger partial charge < -0.3 is 19.2 Å². The fourth-order valence-electron chi connectivity index (χ4n) is 3.13. The smallest absolute Gasteiger partial charge is 0.226 e. The van der Waals surface area contributed by atoms with Gasteiger partial charge in [0.05, 0.1) is 22.0 Å². The molecule has 0 unspecified atom stereocenters. The number of aryl methyl sites for hydroxylation is 1. The molecule has 3 heterocycles. The molecule has 0 spiro atoms. The summed E-state index contributed by atoms with van der Waals surface area (Å²) in [5, 5.41) is 3.29. The Labute approximate surface area is 174 Å². The van der Waals surface area contributed by atoms with E-state index in [1.54, 1.807) is 18.2 Å². The van der Waals surface area contributed by atoms with E-state index in [4.69, 9.17) is 13.9 Å². The van der Waals surface area contributed by atoms with Crippen LogP contribution in [0, 0.1) is 5.82 Å². The standard InChI is InChI=1S/C21H16FN3O4S/c22-13-4-2-1-3-12(13)17-11-23-20(29-17)6-5-19(26)25-21-24-14-9-15-16(10-18(14)30-21)28-8-7-27-15/h1-4,9-11H,5-8H2,(H,24,25,26). The minimum Gasteiger partial charge on any atom is -0.486 e. The van der Waals surface area contributed by atoms with Crippen molar-refractivity contribution in [1.29, 1.82) is 0 Å². The van der Waals surface area contributed by atoms with Crippen LogP contribution in [0.5, 0.6) is 11.5 Å². The number of rotatable bonds is 5. The van der Waals surface area contributed by atoms with Crippen LogP contribution in [0.25, 0.3) is 21.5 Å². The predicted octanol–water partition coefficient (Wildman–Crippen LogP) is 4.43. The first kappa shape index (κ1) is 18.6. The Morgan fingerprint density at radius 1 is 1.17 bits per heavy atom. The second kappa shape index (κ2) is 7.75. The lowest BCUT2D eigenvalue weighted by molar-refractivity contribution is -0.116. The molecule has 0 fully saturated rings. The van der Waals surface area contributed by atoms with Crippen molar-refractivity contribution in [2.24, 2.45) is 0 Å². The molecule has 1 aliphatic heterocycles. The molecule has 0 radical (unpaired) electrons. The highest BCUT2D eigenvalue weighted by Gasteiger charge is 2.17. The summed E-state index contributed by atoms with van der Waals surface area (Å²) in [5.74, 6) is 1.46. The Kier molecular flexibility index (Phi) is 4.80. The lowest BCUT2D eigenvalue weighted by Gasteiger charge is -2.17. The maximum absolute atomic E-state index is 13.9. The topological polar surface area (TPSA) is 86.5 Å². The summed E-state index contributed by atoms with van der Waals surface area (Å²) >= 11 is 1.36. The van der Waals surface area contributed by atoms with E-state index in [2.05, 4.69) is 15.3 Å². The minimum atomic E-state index is -0.383. The normalized spacial score (nSPS) is 12.8. The van der Waals surface area contributed by atoms with Gasteiger partial charge >= 0.3 is 0 Å². The second-order valence-corrected chi connectivity index (χ2v) is 7.66. The average molecular weight is 425 g/mol. The summed E-state index contributed by atoms with van der Waals surface area (Å²) in [5.41, 5.74) is 1.08. The molecule has 7 nitrogen and oxygen atoms in total. The Balaban J connectivity index is 1.23. The molecule has 2 aromatic carbocycles. The van der Waals surface area contributed by atoms with Crippen molar-refractivity contribution in [3.05, 3.63) is 54.3 Å². The summed E-state index contributed by atoms with van der Waals surface area (Å²) in [6.45, 7) is 1.02. The average Bonchev–Trinajstić information content (AvgIpc) is 3.37. The number of aromatic nitrogens is 2. The van der Waals surface area contributed by atoms with Gasteiger partial charge in [0.2, 0.25) is 5.91 Å². The van der Waals surface area contributed by atoms with E-state index >= 15 is 0 Å². The van der Waals surface area contributed by atoms with Gasteiger partial charge in [0.25, 0.3) is 0 Å². The lowest BCUT2D eigenvalue weighted by atomic mass is 10.2. The molecule has 0 bridgehead atoms. The lowest BCUT2D eigenvalue weighted by Crippen LogP contribution is -2.15. The van der Waals surface area contributed by atoms with Crippen LogP contribution in [-0.4, -0.2) is 29.1 Å². The monoisotopic (exact) mass is 425 g/mol. The Morgan fingerprint density at radius 3 is 2.80 bits per heavy atom. The number of nitrogens with one attached hydrogen (secondary N) is 1. The van der Waals surface area contributed by atoms with Gasteiger partial charge in [-0.1, -0.05) is 23.5 Å². The van der Waals surface area contributed by atoms with Crippen LogP contribution in [0.2, 0.25) is 0 Å². The highest BCUT2D eigenvalue weighted by Crippen LogP contribution is 2.37. The number of hydrogen-bond donors (Lipinski definition) is 1. The highest BCUT2D eigenvalue weighted by atomic mass is 32.1. The van der Waals surface area contributed by atoms with Crippen molar-refractivity contribution in [1.82, 2.24) is 9.97 Å². The minimum absolute atomic E-state index is 0.163. The molecule has 152 valence electrons. The number of oxazole rings is 1. The molecule has 5 rings (SSSR count). The number of nitrogens with zero attached hydrogens (tertiary/aromatic N) is 2. The van der Waals surface area contributed by atoms with Crippen LogP contribution < -0.4 is 14.8 Å². The van der Waals surface area contributed by atoms with E-state index in [1.165, 1.54) is 23.6 Å². The van der Waals surface area contributed by atoms with E-state index in [0.717, 1.165) is 10.2 Å². The summed E-state index contributed by atoms with van der Waals surface area (Å²) in [7, 11) is 0. The number of fused-ring (bicyclic) bond motifs is 2. The fraction of sp³-hybridized carbons (Fsp3) is 0.190. The second-order valence-electron chi connectivity index (χ2n) is 6.63. The number of benzene rings is 2. The molecule has 1 amide bonds.